The molecule has 2 unspecified atom stereocenters. The Balaban J connectivity index is 1.44. The van der Waals surface area contributed by atoms with E-state index in [2.05, 4.69) is 36.3 Å². The number of tetrazole rings is 1. The van der Waals surface area contributed by atoms with Crippen molar-refractivity contribution >= 4 is 75.9 Å². The number of amides is 3. The molecule has 0 saturated carbocycles. The molecule has 2 aliphatic heterocycles. The minimum Gasteiger partial charge on any atom is -0.481 e. The molecule has 3 amide bonds. The van der Waals surface area contributed by atoms with E-state index >= 15 is 0 Å². The molecule has 0 bridgehead atoms. The van der Waals surface area contributed by atoms with Crippen molar-refractivity contribution in [2.75, 3.05) is 30.0 Å². The van der Waals surface area contributed by atoms with Crippen LogP contribution in [0.2, 0.25) is 0 Å². The molecule has 4 N–H and O–H groups in total. The number of aromatic nitrogens is 5. The number of nitrogens with one attached hydrogen (secondary N) is 2. The van der Waals surface area contributed by atoms with E-state index in [9.17, 15) is 29.1 Å². The maximum absolute atomic E-state index is 13.0. The summed E-state index contributed by atoms with van der Waals surface area (Å²) in [7, 11) is 1.63. The van der Waals surface area contributed by atoms with Crippen LogP contribution in [0, 0.1) is 5.41 Å². The second kappa shape index (κ2) is 11.3. The molecule has 20 heteroatoms. The number of carbonyl (C=O) groups is 5. The number of hydrogen-bond donors (Lipinski definition) is 4. The van der Waals surface area contributed by atoms with Crippen LogP contribution >= 0.6 is 34.9 Å². The van der Waals surface area contributed by atoms with Gasteiger partial charge in [-0.25, -0.2) is 14.5 Å². The number of carboxylic acid groups (broad SMARTS) is 2. The molecule has 4 rings (SSSR count). The Labute approximate surface area is 225 Å². The molecule has 0 aromatic carbocycles. The van der Waals surface area contributed by atoms with Crippen LogP contribution in [0.5, 0.6) is 0 Å². The predicted molar refractivity (Wildman–Crippen MR) is 131 cm³/mol. The first kappa shape index (κ1) is 27.3. The standard InChI is InChI=1S/C18H19N9O8S3/c1-26-17(22-24-25-26)38-6-18(15(33)34)4-27-13(32)11(14(27)37-5-18)21-12(31)10(23-35-2-9(29)30)8-3-36-16(20-8)19-7-28/h3,7,11,14H,2,4-6H2,1H3,(H,21,31)(H,29,30)(H,33,34)(H,19,20,28)/t11?,14-,18?/m1/s1. The molecule has 202 valence electrons. The predicted octanol–water partition coefficient (Wildman–Crippen LogP) is -1.70. The number of β-lactam (4-membered cyclic amide) rings is 1. The van der Waals surface area contributed by atoms with Crippen molar-refractivity contribution in [1.82, 2.24) is 35.4 Å². The van der Waals surface area contributed by atoms with Crippen LogP contribution in [0.3, 0.4) is 0 Å². The molecule has 0 spiro atoms. The van der Waals surface area contributed by atoms with Gasteiger partial charge in [-0.15, -0.1) is 28.2 Å². The van der Waals surface area contributed by atoms with Crippen molar-refractivity contribution in [3.05, 3.63) is 11.1 Å². The zero-order chi connectivity index (χ0) is 27.4. The normalized spacial score (nSPS) is 22.7. The lowest BCUT2D eigenvalue weighted by Gasteiger charge is -2.53. The van der Waals surface area contributed by atoms with E-state index in [1.54, 1.807) is 7.05 Å². The minimum absolute atomic E-state index is 0.0117. The second-order valence-electron chi connectivity index (χ2n) is 7.99. The third-order valence-electron chi connectivity index (χ3n) is 5.43. The fraction of sp³-hybridized carbons (Fsp3) is 0.444. The second-order valence-corrected chi connectivity index (χ2v) is 10.9. The Morgan fingerprint density at radius 2 is 2.18 bits per heavy atom. The molecule has 2 saturated heterocycles. The molecule has 17 nitrogen and oxygen atoms in total. The number of hydrogen-bond acceptors (Lipinski definition) is 14. The molecular formula is C18H19N9O8S3. The number of thioether (sulfide) groups is 2. The van der Waals surface area contributed by atoms with E-state index in [0.29, 0.717) is 11.6 Å². The van der Waals surface area contributed by atoms with Crippen LogP contribution in [-0.2, 0) is 35.9 Å². The fourth-order valence-electron chi connectivity index (χ4n) is 3.52. The van der Waals surface area contributed by atoms with Gasteiger partial charge < -0.3 is 30.6 Å². The van der Waals surface area contributed by atoms with Crippen molar-refractivity contribution in [2.45, 2.75) is 16.6 Å². The van der Waals surface area contributed by atoms with E-state index in [1.165, 1.54) is 26.7 Å². The van der Waals surface area contributed by atoms with E-state index < -0.39 is 52.9 Å². The average molecular weight is 586 g/mol. The number of aryl methyl sites for hydroxylation is 1. The number of aliphatic carboxylic acids is 2. The van der Waals surface area contributed by atoms with E-state index in [1.807, 2.05) is 0 Å². The molecule has 3 atom stereocenters. The first-order valence-electron chi connectivity index (χ1n) is 10.5. The van der Waals surface area contributed by atoms with Gasteiger partial charge in [0.25, 0.3) is 5.91 Å². The average Bonchev–Trinajstić information content (AvgIpc) is 3.52. The SMILES string of the molecule is Cn1nnnc1SCC1(C(=O)O)CS[C@@H]2C(NC(=O)C(=NOCC(=O)O)c3csc(NC=O)n3)C(=O)N2C1. The maximum atomic E-state index is 13.0. The summed E-state index contributed by atoms with van der Waals surface area (Å²) >= 11 is 3.36. The van der Waals surface area contributed by atoms with E-state index in [0.717, 1.165) is 23.1 Å². The van der Waals surface area contributed by atoms with Crippen LogP contribution in [0.15, 0.2) is 15.7 Å². The summed E-state index contributed by atoms with van der Waals surface area (Å²) in [5, 5.41) is 39.7. The highest BCUT2D eigenvalue weighted by Crippen LogP contribution is 2.44. The monoisotopic (exact) mass is 585 g/mol. The maximum Gasteiger partial charge on any atom is 0.344 e. The molecule has 0 radical (unpaired) electrons. The number of carbonyl (C=O) groups excluding carboxylic acids is 3. The van der Waals surface area contributed by atoms with Gasteiger partial charge in [-0.1, -0.05) is 16.9 Å². The summed E-state index contributed by atoms with van der Waals surface area (Å²) in [6, 6.07) is -0.981. The Kier molecular flexibility index (Phi) is 8.11. The first-order valence-corrected chi connectivity index (χ1v) is 13.5. The molecule has 2 aliphatic rings. The van der Waals surface area contributed by atoms with Crippen molar-refractivity contribution in [3.8, 4) is 0 Å². The largest absolute Gasteiger partial charge is 0.481 e. The van der Waals surface area contributed by atoms with Crippen LogP contribution in [0.1, 0.15) is 5.69 Å². The van der Waals surface area contributed by atoms with Gasteiger partial charge in [-0.2, -0.15) is 0 Å². The highest BCUT2D eigenvalue weighted by molar-refractivity contribution is 8.00. The van der Waals surface area contributed by atoms with Crippen molar-refractivity contribution in [3.63, 3.8) is 0 Å². The van der Waals surface area contributed by atoms with Crippen molar-refractivity contribution in [1.29, 1.82) is 0 Å². The number of nitrogens with zero attached hydrogens (tertiary/aromatic N) is 7. The first-order chi connectivity index (χ1) is 18.1. The van der Waals surface area contributed by atoms with Crippen molar-refractivity contribution in [2.24, 2.45) is 17.6 Å². The molecule has 0 aliphatic carbocycles. The van der Waals surface area contributed by atoms with Gasteiger partial charge in [-0.05, 0) is 10.4 Å². The van der Waals surface area contributed by atoms with Gasteiger partial charge in [0, 0.05) is 30.5 Å². The summed E-state index contributed by atoms with van der Waals surface area (Å²) in [5.74, 6) is -3.46. The smallest absolute Gasteiger partial charge is 0.344 e. The lowest BCUT2D eigenvalue weighted by atomic mass is 9.89. The topological polar surface area (TPSA) is 231 Å². The molecule has 2 fully saturated rings. The zero-order valence-corrected chi connectivity index (χ0v) is 21.8. The summed E-state index contributed by atoms with van der Waals surface area (Å²) < 4.78 is 1.42. The van der Waals surface area contributed by atoms with Crippen LogP contribution in [0.25, 0.3) is 0 Å². The van der Waals surface area contributed by atoms with Gasteiger partial charge in [0.2, 0.25) is 24.1 Å². The summed E-state index contributed by atoms with van der Waals surface area (Å²) in [4.78, 5) is 69.7. The number of carboxylic acids is 2. The Morgan fingerprint density at radius 1 is 1.39 bits per heavy atom. The highest BCUT2D eigenvalue weighted by atomic mass is 32.2. The van der Waals surface area contributed by atoms with Gasteiger partial charge in [0.15, 0.2) is 10.8 Å². The Bertz CT molecular complexity index is 1300. The summed E-state index contributed by atoms with van der Waals surface area (Å²) in [5.41, 5.74) is -1.67. The number of thiazole rings is 1. The molecular weight excluding hydrogens is 566 g/mol. The van der Waals surface area contributed by atoms with Crippen molar-refractivity contribution < 1.29 is 39.0 Å². The third-order valence-corrected chi connectivity index (χ3v) is 9.09. The minimum atomic E-state index is -1.32. The fourth-order valence-corrected chi connectivity index (χ4v) is 6.88. The molecule has 4 heterocycles. The molecule has 38 heavy (non-hydrogen) atoms. The van der Waals surface area contributed by atoms with Gasteiger partial charge >= 0.3 is 11.9 Å². The van der Waals surface area contributed by atoms with Crippen LogP contribution in [-0.4, -0.2) is 112 Å². The number of rotatable bonds is 12. The molecule has 2 aromatic heterocycles. The number of fused-ring (bicyclic) bond motifs is 1. The van der Waals surface area contributed by atoms with Gasteiger partial charge in [0.1, 0.15) is 22.5 Å². The third kappa shape index (κ3) is 5.55. The number of anilines is 1. The highest BCUT2D eigenvalue weighted by Gasteiger charge is 2.57. The summed E-state index contributed by atoms with van der Waals surface area (Å²) in [6.07, 6.45) is 0.391. The number of oxime groups is 1. The van der Waals surface area contributed by atoms with Gasteiger partial charge in [-0.3, -0.25) is 19.2 Å². The lowest BCUT2D eigenvalue weighted by molar-refractivity contribution is -0.157. The van der Waals surface area contributed by atoms with Crippen LogP contribution in [0.4, 0.5) is 5.13 Å². The Hall–Kier alpha value is -3.78. The van der Waals surface area contributed by atoms with Gasteiger partial charge in [0.05, 0.1) is 0 Å². The Morgan fingerprint density at radius 3 is 2.84 bits per heavy atom. The zero-order valence-electron chi connectivity index (χ0n) is 19.3. The van der Waals surface area contributed by atoms with Crippen LogP contribution < -0.4 is 10.6 Å². The van der Waals surface area contributed by atoms with E-state index in [4.69, 9.17) is 9.94 Å². The summed E-state index contributed by atoms with van der Waals surface area (Å²) in [6.45, 7) is -0.895. The lowest BCUT2D eigenvalue weighted by Crippen LogP contribution is -2.74. The molecule has 2 aromatic rings. The van der Waals surface area contributed by atoms with E-state index in [-0.39, 0.29) is 28.9 Å². The quantitative estimate of drug-likeness (QED) is 0.0715.